The molecule has 4 atom stereocenters. The lowest BCUT2D eigenvalue weighted by Crippen LogP contribution is -3.00. The maximum Gasteiger partial charge on any atom is 0.407 e. The first kappa shape index (κ1) is 28.1. The van der Waals surface area contributed by atoms with Gasteiger partial charge in [0.2, 0.25) is 6.73 Å². The number of aliphatic hydroxyl groups excluding tert-OH is 1. The average molecular weight is 525 g/mol. The number of nitrogens with one attached hydrogen (secondary N) is 1. The lowest BCUT2D eigenvalue weighted by molar-refractivity contribution is -0.938. The summed E-state index contributed by atoms with van der Waals surface area (Å²) in [7, 11) is 3.71. The quantitative estimate of drug-likeness (QED) is 0.301. The van der Waals surface area contributed by atoms with Gasteiger partial charge < -0.3 is 41.8 Å². The Morgan fingerprint density at radius 1 is 1.31 bits per heavy atom. The van der Waals surface area contributed by atoms with Crippen molar-refractivity contribution in [2.75, 3.05) is 34.0 Å². The van der Waals surface area contributed by atoms with Gasteiger partial charge in [0.05, 0.1) is 38.6 Å². The minimum Gasteiger partial charge on any atom is -1.00 e. The van der Waals surface area contributed by atoms with E-state index in [0.717, 1.165) is 29.8 Å². The number of amides is 1. The van der Waals surface area contributed by atoms with Crippen LogP contribution in [0.15, 0.2) is 24.3 Å². The van der Waals surface area contributed by atoms with Gasteiger partial charge in [0, 0.05) is 30.5 Å². The minimum absolute atomic E-state index is 0. The van der Waals surface area contributed by atoms with Gasteiger partial charge in [-0.3, -0.25) is 9.28 Å². The Hall–Kier alpha value is -2.49. The summed E-state index contributed by atoms with van der Waals surface area (Å²) in [5.41, 5.74) is 1.33. The number of rotatable bonds is 6. The molecule has 1 amide bonds. The molecule has 1 aromatic carbocycles. The van der Waals surface area contributed by atoms with E-state index in [1.54, 1.807) is 27.9 Å². The molecule has 2 N–H and O–H groups in total. The second-order valence-corrected chi connectivity index (χ2v) is 11.0. The van der Waals surface area contributed by atoms with E-state index < -0.39 is 17.8 Å². The van der Waals surface area contributed by atoms with E-state index in [2.05, 4.69) is 24.5 Å². The molecule has 0 saturated heterocycles. The van der Waals surface area contributed by atoms with Crippen LogP contribution in [0.25, 0.3) is 0 Å². The molecule has 3 aliphatic rings. The van der Waals surface area contributed by atoms with Crippen LogP contribution in [-0.4, -0.2) is 73.4 Å². The summed E-state index contributed by atoms with van der Waals surface area (Å²) in [4.78, 5) is 24.2. The van der Waals surface area contributed by atoms with Gasteiger partial charge in [-0.15, -0.1) is 0 Å². The van der Waals surface area contributed by atoms with Gasteiger partial charge in [0.15, 0.2) is 11.5 Å². The van der Waals surface area contributed by atoms with E-state index in [0.29, 0.717) is 23.2 Å². The third kappa shape index (κ3) is 5.74. The zero-order valence-electron chi connectivity index (χ0n) is 21.6. The minimum atomic E-state index is -0.591. The fourth-order valence-electron chi connectivity index (χ4n) is 5.27. The van der Waals surface area contributed by atoms with E-state index in [1.165, 1.54) is 0 Å². The lowest BCUT2D eigenvalue weighted by Gasteiger charge is -2.37. The first-order valence-electron chi connectivity index (χ1n) is 12.2. The Morgan fingerprint density at radius 2 is 2.06 bits per heavy atom. The van der Waals surface area contributed by atoms with Gasteiger partial charge >= 0.3 is 12.1 Å². The maximum atomic E-state index is 12.4. The number of alkyl carbamates (subject to hydrolysis) is 1. The summed E-state index contributed by atoms with van der Waals surface area (Å²) < 4.78 is 23.3. The van der Waals surface area contributed by atoms with Crippen LogP contribution in [0.5, 0.6) is 11.5 Å². The molecule has 1 aliphatic carbocycles. The molecular formula is C26H37ClN2O7. The molecule has 200 valence electrons. The Labute approximate surface area is 218 Å². The van der Waals surface area contributed by atoms with Crippen molar-refractivity contribution in [1.29, 1.82) is 0 Å². The Kier molecular flexibility index (Phi) is 8.17. The standard InChI is InChI=1S/C26H36N2O7.ClH/c1-25(2,3)35-24(31)27-12-9-21(30)33-16-28(4)13-11-26-10-8-18(29)14-20(26)34-23-19(32-5)7-6-17(15-28)22(23)26;/h6-8,10,18,20,29H,9,11-16H2,1-5H3;1H. The summed E-state index contributed by atoms with van der Waals surface area (Å²) in [6.07, 6.45) is 4.10. The van der Waals surface area contributed by atoms with Crippen molar-refractivity contribution in [2.24, 2.45) is 0 Å². The number of nitrogens with zero attached hydrogens (tertiary/aromatic N) is 1. The number of hydrogen-bond donors (Lipinski definition) is 2. The molecule has 10 heteroatoms. The van der Waals surface area contributed by atoms with E-state index >= 15 is 0 Å². The van der Waals surface area contributed by atoms with Crippen LogP contribution in [-0.2, 0) is 26.2 Å². The highest BCUT2D eigenvalue weighted by molar-refractivity contribution is 5.72. The van der Waals surface area contributed by atoms with Crippen molar-refractivity contribution in [3.8, 4) is 11.5 Å². The van der Waals surface area contributed by atoms with Crippen molar-refractivity contribution in [2.45, 2.75) is 69.8 Å². The molecule has 4 rings (SSSR count). The van der Waals surface area contributed by atoms with Crippen LogP contribution in [0.3, 0.4) is 0 Å². The second kappa shape index (κ2) is 10.5. The molecule has 0 saturated carbocycles. The highest BCUT2D eigenvalue weighted by Gasteiger charge is 2.54. The molecule has 0 bridgehead atoms. The summed E-state index contributed by atoms with van der Waals surface area (Å²) in [6, 6.07) is 3.99. The van der Waals surface area contributed by atoms with Crippen molar-refractivity contribution in [1.82, 2.24) is 5.32 Å². The van der Waals surface area contributed by atoms with E-state index in [9.17, 15) is 14.7 Å². The third-order valence-electron chi connectivity index (χ3n) is 6.95. The smallest absolute Gasteiger partial charge is 0.407 e. The SMILES string of the molecule is COc1ccc2c3c1OC1CC(O)C=CC31CC[N+](C)(COC(=O)CCNC(=O)OC(C)(C)C)C2.[Cl-]. The van der Waals surface area contributed by atoms with Crippen LogP contribution < -0.4 is 27.2 Å². The molecular weight excluding hydrogens is 488 g/mol. The highest BCUT2D eigenvalue weighted by atomic mass is 35.5. The van der Waals surface area contributed by atoms with Gasteiger partial charge in [-0.2, -0.15) is 0 Å². The molecule has 0 aromatic heterocycles. The molecule has 0 fully saturated rings. The summed E-state index contributed by atoms with van der Waals surface area (Å²) in [5, 5.41) is 12.8. The number of esters is 1. The summed E-state index contributed by atoms with van der Waals surface area (Å²) in [6.45, 7) is 7.16. The third-order valence-corrected chi connectivity index (χ3v) is 6.95. The second-order valence-electron chi connectivity index (χ2n) is 11.0. The van der Waals surface area contributed by atoms with Crippen LogP contribution in [0.2, 0.25) is 0 Å². The molecule has 1 aromatic rings. The van der Waals surface area contributed by atoms with Gasteiger partial charge in [-0.25, -0.2) is 4.79 Å². The molecule has 36 heavy (non-hydrogen) atoms. The number of carbonyl (C=O) groups is 2. The monoisotopic (exact) mass is 524 g/mol. The predicted molar refractivity (Wildman–Crippen MR) is 128 cm³/mol. The molecule has 9 nitrogen and oxygen atoms in total. The number of aliphatic hydroxyl groups is 1. The maximum absolute atomic E-state index is 12.4. The topological polar surface area (TPSA) is 103 Å². The first-order chi connectivity index (χ1) is 16.4. The number of ether oxygens (including phenoxy) is 4. The fraction of sp³-hybridized carbons (Fsp3) is 0.615. The fourth-order valence-corrected chi connectivity index (χ4v) is 5.27. The van der Waals surface area contributed by atoms with E-state index in [4.69, 9.17) is 18.9 Å². The van der Waals surface area contributed by atoms with Gasteiger partial charge in [-0.05, 0) is 32.9 Å². The van der Waals surface area contributed by atoms with Crippen molar-refractivity contribution < 1.29 is 50.5 Å². The zero-order chi connectivity index (χ0) is 25.4. The van der Waals surface area contributed by atoms with Crippen molar-refractivity contribution >= 4 is 12.1 Å². The number of halogens is 1. The molecule has 1 spiro atoms. The Bertz CT molecular complexity index is 1020. The van der Waals surface area contributed by atoms with E-state index in [-0.39, 0.29) is 49.6 Å². The van der Waals surface area contributed by atoms with Gasteiger partial charge in [-0.1, -0.05) is 12.2 Å². The van der Waals surface area contributed by atoms with Crippen LogP contribution >= 0.6 is 0 Å². The normalized spacial score (nSPS) is 27.9. The van der Waals surface area contributed by atoms with Crippen molar-refractivity contribution in [3.63, 3.8) is 0 Å². The first-order valence-corrected chi connectivity index (χ1v) is 12.2. The van der Waals surface area contributed by atoms with E-state index in [1.807, 2.05) is 12.1 Å². The molecule has 0 radical (unpaired) electrons. The average Bonchev–Trinajstić information content (AvgIpc) is 3.04. The van der Waals surface area contributed by atoms with Gasteiger partial charge in [0.1, 0.15) is 18.2 Å². The largest absolute Gasteiger partial charge is 1.00 e. The number of benzene rings is 1. The number of hydrogen-bond acceptors (Lipinski definition) is 7. The molecule has 4 unspecified atom stereocenters. The molecule has 2 heterocycles. The Morgan fingerprint density at radius 3 is 2.75 bits per heavy atom. The highest BCUT2D eigenvalue weighted by Crippen LogP contribution is 2.56. The number of quaternary nitrogens is 1. The van der Waals surface area contributed by atoms with Crippen molar-refractivity contribution in [3.05, 3.63) is 35.4 Å². The summed E-state index contributed by atoms with van der Waals surface area (Å²) in [5.74, 6) is 1.08. The van der Waals surface area contributed by atoms with Crippen LogP contribution in [0.4, 0.5) is 4.79 Å². The number of carbonyl (C=O) groups excluding carboxylic acids is 2. The predicted octanol–water partition coefficient (Wildman–Crippen LogP) is -0.215. The number of methoxy groups -OCH3 is 1. The Balaban J connectivity index is 0.00000361. The lowest BCUT2D eigenvalue weighted by atomic mass is 9.69. The summed E-state index contributed by atoms with van der Waals surface area (Å²) >= 11 is 0. The van der Waals surface area contributed by atoms with Crippen LogP contribution in [0, 0.1) is 0 Å². The molecule has 2 aliphatic heterocycles. The zero-order valence-corrected chi connectivity index (χ0v) is 22.4. The van der Waals surface area contributed by atoms with Crippen LogP contribution in [0.1, 0.15) is 51.2 Å². The van der Waals surface area contributed by atoms with Gasteiger partial charge in [0.25, 0.3) is 0 Å².